The molecule has 0 saturated heterocycles. The Bertz CT molecular complexity index is 550. The molecule has 0 spiro atoms. The van der Waals surface area contributed by atoms with Crippen molar-refractivity contribution < 1.29 is 8.78 Å². The topological polar surface area (TPSA) is 0 Å². The molecule has 124 valence electrons. The smallest absolute Gasteiger partial charge is 0.210 e. The summed E-state index contributed by atoms with van der Waals surface area (Å²) in [6.07, 6.45) is 9.29. The van der Waals surface area contributed by atoms with Crippen molar-refractivity contribution in [1.82, 2.24) is 0 Å². The Morgan fingerprint density at radius 3 is 2.52 bits per heavy atom. The second kappa shape index (κ2) is 9.49. The van der Waals surface area contributed by atoms with Crippen molar-refractivity contribution in [1.29, 1.82) is 0 Å². The van der Waals surface area contributed by atoms with Gasteiger partial charge in [0.1, 0.15) is 0 Å². The summed E-state index contributed by atoms with van der Waals surface area (Å²) in [6, 6.07) is 0. The fourth-order valence-electron chi connectivity index (χ4n) is 2.86. The lowest BCUT2D eigenvalue weighted by atomic mass is 9.39. The van der Waals surface area contributed by atoms with Gasteiger partial charge in [-0.05, 0) is 39.1 Å². The lowest BCUT2D eigenvalue weighted by molar-refractivity contribution is 0.149. The van der Waals surface area contributed by atoms with Crippen LogP contribution in [0.5, 0.6) is 0 Å². The summed E-state index contributed by atoms with van der Waals surface area (Å²) in [6.45, 7) is 14.4. The summed E-state index contributed by atoms with van der Waals surface area (Å²) >= 11 is 0. The number of halogens is 2. The van der Waals surface area contributed by atoms with E-state index < -0.39 is 6.43 Å². The first kappa shape index (κ1) is 19.4. The first-order valence-electron chi connectivity index (χ1n) is 8.17. The molecule has 0 heterocycles. The van der Waals surface area contributed by atoms with Crippen molar-refractivity contribution in [2.75, 3.05) is 0 Å². The molecule has 0 aromatic rings. The van der Waals surface area contributed by atoms with Gasteiger partial charge in [-0.25, -0.2) is 8.78 Å². The van der Waals surface area contributed by atoms with Gasteiger partial charge in [0.05, 0.1) is 0 Å². The Morgan fingerprint density at radius 2 is 2.09 bits per heavy atom. The van der Waals surface area contributed by atoms with E-state index in [1.54, 1.807) is 0 Å². The maximum absolute atomic E-state index is 12.5. The van der Waals surface area contributed by atoms with E-state index in [1.807, 2.05) is 39.0 Å². The highest BCUT2D eigenvalue weighted by Gasteiger charge is 2.21. The summed E-state index contributed by atoms with van der Waals surface area (Å²) in [5.74, 6) is 2.44. The predicted octanol–water partition coefficient (Wildman–Crippen LogP) is 6.37. The molecule has 0 aliphatic heterocycles. The first-order valence-corrected chi connectivity index (χ1v) is 8.17. The molecule has 3 heteroatoms. The van der Waals surface area contributed by atoms with Gasteiger partial charge in [-0.2, -0.15) is 0 Å². The maximum atomic E-state index is 12.5. The van der Waals surface area contributed by atoms with Crippen molar-refractivity contribution in [3.05, 3.63) is 71.7 Å². The minimum atomic E-state index is -2.28. The molecular weight excluding hydrogens is 289 g/mol. The van der Waals surface area contributed by atoms with Gasteiger partial charge in [-0.1, -0.05) is 53.6 Å². The Balaban J connectivity index is 2.79. The van der Waals surface area contributed by atoms with E-state index in [9.17, 15) is 8.78 Å². The monoisotopic (exact) mass is 316 g/mol. The predicted molar refractivity (Wildman–Crippen MR) is 99.0 cm³/mol. The Hall–Kier alpha value is -1.64. The van der Waals surface area contributed by atoms with Gasteiger partial charge in [0.15, 0.2) is 0 Å². The van der Waals surface area contributed by atoms with Crippen LogP contribution in [0, 0.1) is 5.92 Å². The number of hydrogen-bond acceptors (Lipinski definition) is 0. The highest BCUT2D eigenvalue weighted by Crippen LogP contribution is 2.30. The fraction of sp³-hybridized carbons (Fsp3) is 0.400. The standard InChI is InChI=1S/C20H27BF2/c1-6-12-21(16(5)15(3)4)14-18(7-2)19-10-8-17(9-11-19)13-20(22)23/h6-10,12,19-20H,3,5,11,13-14H2,1-2,4H3/b12-6-,18-7+. The normalized spacial score (nSPS) is 18.4. The SMILES string of the molecule is C=C(C)C(=C)B(/C=C\C)C/C(=C\C)C1C=CC(CC(F)F)=CC1. The van der Waals surface area contributed by atoms with Crippen molar-refractivity contribution in [2.45, 2.75) is 46.4 Å². The Kier molecular flexibility index (Phi) is 8.01. The van der Waals surface area contributed by atoms with Gasteiger partial charge in [0, 0.05) is 12.3 Å². The van der Waals surface area contributed by atoms with Gasteiger partial charge in [-0.15, -0.1) is 12.6 Å². The number of alkyl halides is 2. The summed E-state index contributed by atoms with van der Waals surface area (Å²) in [4.78, 5) is 0. The highest BCUT2D eigenvalue weighted by atomic mass is 19.3. The van der Waals surface area contributed by atoms with E-state index >= 15 is 0 Å². The van der Waals surface area contributed by atoms with E-state index in [2.05, 4.69) is 31.3 Å². The Labute approximate surface area is 140 Å². The van der Waals surface area contributed by atoms with Crippen LogP contribution < -0.4 is 0 Å². The zero-order chi connectivity index (χ0) is 17.4. The third-order valence-electron chi connectivity index (χ3n) is 4.29. The van der Waals surface area contributed by atoms with Crippen LogP contribution in [0.1, 0.15) is 33.6 Å². The van der Waals surface area contributed by atoms with E-state index in [0.717, 1.165) is 29.4 Å². The van der Waals surface area contributed by atoms with Gasteiger partial charge in [0.25, 0.3) is 0 Å². The quantitative estimate of drug-likeness (QED) is 0.277. The summed E-state index contributed by atoms with van der Waals surface area (Å²) < 4.78 is 24.9. The molecule has 1 atom stereocenters. The number of allylic oxidation sites excluding steroid dienone is 9. The summed E-state index contributed by atoms with van der Waals surface area (Å²) in [5, 5.41) is 0. The van der Waals surface area contributed by atoms with Gasteiger partial charge >= 0.3 is 0 Å². The van der Waals surface area contributed by atoms with Gasteiger partial charge in [0.2, 0.25) is 13.1 Å². The van der Waals surface area contributed by atoms with Crippen LogP contribution in [0.4, 0.5) is 8.78 Å². The molecule has 0 aromatic carbocycles. The molecule has 1 aliphatic rings. The minimum absolute atomic E-state index is 0.151. The van der Waals surface area contributed by atoms with E-state index in [0.29, 0.717) is 0 Å². The molecule has 1 rings (SSSR count). The van der Waals surface area contributed by atoms with E-state index in [1.165, 1.54) is 5.57 Å². The molecule has 0 N–H and O–H groups in total. The third kappa shape index (κ3) is 6.17. The lowest BCUT2D eigenvalue weighted by Gasteiger charge is -2.22. The van der Waals surface area contributed by atoms with E-state index in [4.69, 9.17) is 0 Å². The van der Waals surface area contributed by atoms with E-state index in [-0.39, 0.29) is 19.1 Å². The van der Waals surface area contributed by atoms with Crippen molar-refractivity contribution in [2.24, 2.45) is 5.92 Å². The lowest BCUT2D eigenvalue weighted by Crippen LogP contribution is -2.18. The highest BCUT2D eigenvalue weighted by molar-refractivity contribution is 6.73. The molecule has 1 aliphatic carbocycles. The average molecular weight is 316 g/mol. The zero-order valence-electron chi connectivity index (χ0n) is 14.5. The van der Waals surface area contributed by atoms with Crippen LogP contribution in [0.15, 0.2) is 71.7 Å². The van der Waals surface area contributed by atoms with Crippen LogP contribution in [0.3, 0.4) is 0 Å². The minimum Gasteiger partial charge on any atom is -0.210 e. The first-order chi connectivity index (χ1) is 10.9. The van der Waals surface area contributed by atoms with Gasteiger partial charge in [-0.3, -0.25) is 0 Å². The number of hydrogen-bond donors (Lipinski definition) is 0. The third-order valence-corrected chi connectivity index (χ3v) is 4.29. The molecule has 0 radical (unpaired) electrons. The average Bonchev–Trinajstić information content (AvgIpc) is 2.51. The maximum Gasteiger partial charge on any atom is 0.242 e. The zero-order valence-corrected chi connectivity index (χ0v) is 14.5. The van der Waals surface area contributed by atoms with Crippen molar-refractivity contribution in [3.63, 3.8) is 0 Å². The molecule has 0 amide bonds. The van der Waals surface area contributed by atoms with Crippen molar-refractivity contribution in [3.8, 4) is 0 Å². The molecule has 0 saturated carbocycles. The summed E-state index contributed by atoms with van der Waals surface area (Å²) in [5.41, 5.74) is 4.11. The summed E-state index contributed by atoms with van der Waals surface area (Å²) in [7, 11) is 0. The largest absolute Gasteiger partial charge is 0.242 e. The van der Waals surface area contributed by atoms with Gasteiger partial charge < -0.3 is 0 Å². The molecule has 0 aromatic heterocycles. The van der Waals surface area contributed by atoms with Crippen LogP contribution >= 0.6 is 0 Å². The fourth-order valence-corrected chi connectivity index (χ4v) is 2.86. The molecule has 0 nitrogen and oxygen atoms in total. The molecule has 1 unspecified atom stereocenters. The molecule has 23 heavy (non-hydrogen) atoms. The molecule has 0 fully saturated rings. The van der Waals surface area contributed by atoms with Crippen LogP contribution in [-0.2, 0) is 0 Å². The second-order valence-corrected chi connectivity index (χ2v) is 6.08. The molecule has 0 bridgehead atoms. The van der Waals surface area contributed by atoms with Crippen molar-refractivity contribution >= 4 is 6.71 Å². The van der Waals surface area contributed by atoms with Crippen LogP contribution in [0.2, 0.25) is 6.32 Å². The van der Waals surface area contributed by atoms with Crippen LogP contribution in [0.25, 0.3) is 0 Å². The molecular formula is C20H27BF2. The second-order valence-electron chi connectivity index (χ2n) is 6.08. The van der Waals surface area contributed by atoms with Crippen LogP contribution in [-0.4, -0.2) is 13.1 Å². The number of rotatable bonds is 8. The Morgan fingerprint density at radius 1 is 1.39 bits per heavy atom.